The smallest absolute Gasteiger partial charge is 0.419 e. The molecule has 0 amide bonds. The van der Waals surface area contributed by atoms with Crippen molar-refractivity contribution in [2.24, 2.45) is 0 Å². The Kier molecular flexibility index (Phi) is 3.99. The first-order valence-corrected chi connectivity index (χ1v) is 6.00. The summed E-state index contributed by atoms with van der Waals surface area (Å²) < 4.78 is 44.0. The van der Waals surface area contributed by atoms with Crippen LogP contribution < -0.4 is 4.74 Å². The van der Waals surface area contributed by atoms with Gasteiger partial charge in [-0.2, -0.15) is 13.2 Å². The first-order chi connectivity index (χ1) is 9.39. The quantitative estimate of drug-likeness (QED) is 0.894. The number of alkyl halides is 3. The van der Waals surface area contributed by atoms with E-state index in [9.17, 15) is 18.3 Å². The minimum atomic E-state index is -4.49. The Labute approximate surface area is 114 Å². The second kappa shape index (κ2) is 5.54. The molecule has 2 aromatic carbocycles. The van der Waals surface area contributed by atoms with E-state index < -0.39 is 17.8 Å². The third-order valence-electron chi connectivity index (χ3n) is 2.78. The van der Waals surface area contributed by atoms with Gasteiger partial charge in [0.05, 0.1) is 11.7 Å². The molecule has 0 radical (unpaired) electrons. The highest BCUT2D eigenvalue weighted by atomic mass is 19.4. The number of hydrogen-bond donors (Lipinski definition) is 1. The SMILES string of the molecule is C[C@@H](O)c1ccccc1Oc1ccccc1C(F)(F)F. The molecule has 0 spiro atoms. The number of aliphatic hydroxyl groups is 1. The minimum Gasteiger partial charge on any atom is -0.456 e. The maximum absolute atomic E-state index is 12.9. The molecular weight excluding hydrogens is 269 g/mol. The molecule has 0 heterocycles. The average molecular weight is 282 g/mol. The van der Waals surface area contributed by atoms with Crippen LogP contribution in [0.2, 0.25) is 0 Å². The van der Waals surface area contributed by atoms with Gasteiger partial charge in [-0.15, -0.1) is 0 Å². The molecule has 0 fully saturated rings. The Morgan fingerprint density at radius 2 is 1.50 bits per heavy atom. The fourth-order valence-corrected chi connectivity index (χ4v) is 1.83. The van der Waals surface area contributed by atoms with E-state index in [1.54, 1.807) is 18.2 Å². The Morgan fingerprint density at radius 3 is 2.10 bits per heavy atom. The van der Waals surface area contributed by atoms with Crippen molar-refractivity contribution in [3.8, 4) is 11.5 Å². The van der Waals surface area contributed by atoms with Crippen molar-refractivity contribution < 1.29 is 23.0 Å². The molecule has 0 saturated carbocycles. The van der Waals surface area contributed by atoms with E-state index in [1.165, 1.54) is 31.2 Å². The number of benzene rings is 2. The van der Waals surface area contributed by atoms with E-state index in [0.717, 1.165) is 6.07 Å². The highest BCUT2D eigenvalue weighted by Crippen LogP contribution is 2.39. The van der Waals surface area contributed by atoms with Crippen molar-refractivity contribution in [3.05, 3.63) is 59.7 Å². The minimum absolute atomic E-state index is 0.208. The van der Waals surface area contributed by atoms with E-state index in [-0.39, 0.29) is 11.5 Å². The molecule has 2 rings (SSSR count). The summed E-state index contributed by atoms with van der Waals surface area (Å²) in [4.78, 5) is 0. The molecule has 1 atom stereocenters. The molecule has 0 unspecified atom stereocenters. The van der Waals surface area contributed by atoms with Crippen molar-refractivity contribution in [2.45, 2.75) is 19.2 Å². The molecule has 20 heavy (non-hydrogen) atoms. The molecular formula is C15H13F3O2. The highest BCUT2D eigenvalue weighted by Gasteiger charge is 2.34. The van der Waals surface area contributed by atoms with Gasteiger partial charge in [0.15, 0.2) is 0 Å². The number of aliphatic hydroxyl groups excluding tert-OH is 1. The van der Waals surface area contributed by atoms with Crippen LogP contribution in [0.4, 0.5) is 13.2 Å². The van der Waals surface area contributed by atoms with Crippen molar-refractivity contribution in [1.82, 2.24) is 0 Å². The second-order valence-electron chi connectivity index (χ2n) is 4.31. The van der Waals surface area contributed by atoms with Crippen molar-refractivity contribution >= 4 is 0 Å². The van der Waals surface area contributed by atoms with Crippen LogP contribution in [0.1, 0.15) is 24.2 Å². The summed E-state index contributed by atoms with van der Waals surface area (Å²) in [5.74, 6) is -0.0766. The molecule has 0 saturated heterocycles. The van der Waals surface area contributed by atoms with Crippen LogP contribution in [0, 0.1) is 0 Å². The normalized spacial score (nSPS) is 13.1. The lowest BCUT2D eigenvalue weighted by Gasteiger charge is -2.16. The maximum Gasteiger partial charge on any atom is 0.419 e. The number of para-hydroxylation sites is 2. The van der Waals surface area contributed by atoms with Crippen LogP contribution in [-0.4, -0.2) is 5.11 Å². The van der Waals surface area contributed by atoms with Crippen LogP contribution in [0.25, 0.3) is 0 Å². The molecule has 1 N–H and O–H groups in total. The predicted octanol–water partition coefficient (Wildman–Crippen LogP) is 4.55. The maximum atomic E-state index is 12.9. The van der Waals surface area contributed by atoms with Gasteiger partial charge in [-0.3, -0.25) is 0 Å². The first kappa shape index (κ1) is 14.4. The molecule has 106 valence electrons. The standard InChI is InChI=1S/C15H13F3O2/c1-10(19)11-6-2-4-8-13(11)20-14-9-5-3-7-12(14)15(16,17)18/h2-10,19H,1H3/t10-/m1/s1. The lowest BCUT2D eigenvalue weighted by molar-refractivity contribution is -0.138. The van der Waals surface area contributed by atoms with E-state index in [2.05, 4.69) is 0 Å². The Hall–Kier alpha value is -2.01. The second-order valence-corrected chi connectivity index (χ2v) is 4.31. The monoisotopic (exact) mass is 282 g/mol. The zero-order chi connectivity index (χ0) is 14.8. The summed E-state index contributed by atoms with van der Waals surface area (Å²) in [7, 11) is 0. The van der Waals surface area contributed by atoms with Gasteiger partial charge < -0.3 is 9.84 Å². The van der Waals surface area contributed by atoms with E-state index in [4.69, 9.17) is 4.74 Å². The summed E-state index contributed by atoms with van der Waals surface area (Å²) in [6.45, 7) is 1.53. The van der Waals surface area contributed by atoms with Crippen molar-refractivity contribution in [3.63, 3.8) is 0 Å². The van der Waals surface area contributed by atoms with Gasteiger partial charge in [-0.25, -0.2) is 0 Å². The van der Waals surface area contributed by atoms with E-state index >= 15 is 0 Å². The van der Waals surface area contributed by atoms with E-state index in [0.29, 0.717) is 5.56 Å². The average Bonchev–Trinajstić information content (AvgIpc) is 2.38. The fourth-order valence-electron chi connectivity index (χ4n) is 1.83. The summed E-state index contributed by atoms with van der Waals surface area (Å²) in [6, 6.07) is 11.4. The van der Waals surface area contributed by atoms with Gasteiger partial charge in [0.25, 0.3) is 0 Å². The first-order valence-electron chi connectivity index (χ1n) is 6.00. The van der Waals surface area contributed by atoms with Gasteiger partial charge in [0, 0.05) is 5.56 Å². The van der Waals surface area contributed by atoms with Gasteiger partial charge in [0.1, 0.15) is 11.5 Å². The van der Waals surface area contributed by atoms with Crippen molar-refractivity contribution in [1.29, 1.82) is 0 Å². The zero-order valence-electron chi connectivity index (χ0n) is 10.7. The molecule has 2 aromatic rings. The van der Waals surface area contributed by atoms with E-state index in [1.807, 2.05) is 0 Å². The summed E-state index contributed by atoms with van der Waals surface area (Å²) in [5, 5.41) is 9.61. The third-order valence-corrected chi connectivity index (χ3v) is 2.78. The van der Waals surface area contributed by atoms with Gasteiger partial charge in [-0.05, 0) is 25.1 Å². The molecule has 0 aliphatic carbocycles. The highest BCUT2D eigenvalue weighted by molar-refractivity contribution is 5.43. The Morgan fingerprint density at radius 1 is 0.950 bits per heavy atom. The summed E-state index contributed by atoms with van der Waals surface area (Å²) in [5.41, 5.74) is -0.412. The lowest BCUT2D eigenvalue weighted by atomic mass is 10.1. The van der Waals surface area contributed by atoms with Gasteiger partial charge >= 0.3 is 6.18 Å². The third kappa shape index (κ3) is 3.11. The fraction of sp³-hybridized carbons (Fsp3) is 0.200. The number of hydrogen-bond acceptors (Lipinski definition) is 2. The largest absolute Gasteiger partial charge is 0.456 e. The molecule has 2 nitrogen and oxygen atoms in total. The lowest BCUT2D eigenvalue weighted by Crippen LogP contribution is -2.07. The predicted molar refractivity (Wildman–Crippen MR) is 68.6 cm³/mol. The van der Waals surface area contributed by atoms with Gasteiger partial charge in [-0.1, -0.05) is 30.3 Å². The summed E-state index contributed by atoms with van der Waals surface area (Å²) >= 11 is 0. The molecule has 0 aromatic heterocycles. The van der Waals surface area contributed by atoms with Crippen LogP contribution in [0.15, 0.2) is 48.5 Å². The number of ether oxygens (including phenoxy) is 1. The Bertz CT molecular complexity index is 592. The molecule has 0 aliphatic rings. The number of rotatable bonds is 3. The van der Waals surface area contributed by atoms with Crippen LogP contribution in [0.5, 0.6) is 11.5 Å². The van der Waals surface area contributed by atoms with Crippen LogP contribution in [-0.2, 0) is 6.18 Å². The molecule has 5 heteroatoms. The number of halogens is 3. The molecule has 0 aliphatic heterocycles. The zero-order valence-corrected chi connectivity index (χ0v) is 10.7. The van der Waals surface area contributed by atoms with Crippen LogP contribution in [0.3, 0.4) is 0 Å². The summed E-state index contributed by atoms with van der Waals surface area (Å²) in [6.07, 6.45) is -5.32. The molecule has 0 bridgehead atoms. The Balaban J connectivity index is 2.41. The van der Waals surface area contributed by atoms with Crippen LogP contribution >= 0.6 is 0 Å². The van der Waals surface area contributed by atoms with Crippen molar-refractivity contribution in [2.75, 3.05) is 0 Å². The topological polar surface area (TPSA) is 29.5 Å². The van der Waals surface area contributed by atoms with Gasteiger partial charge in [0.2, 0.25) is 0 Å².